The fourth-order valence-corrected chi connectivity index (χ4v) is 0. The molecule has 4 nitrogen and oxygen atoms in total. The van der Waals surface area contributed by atoms with E-state index in [1.54, 1.807) is 0 Å². The Kier molecular flexibility index (Phi) is 5.09. The molecule has 0 saturated carbocycles. The molecule has 0 atom stereocenters. The summed E-state index contributed by atoms with van der Waals surface area (Å²) in [6, 6.07) is 0. The quantitative estimate of drug-likeness (QED) is 0.409. The molecule has 0 aromatic rings. The van der Waals surface area contributed by atoms with Gasteiger partial charge in [0.15, 0.2) is 0 Å². The van der Waals surface area contributed by atoms with Crippen molar-refractivity contribution >= 4 is 44.7 Å². The predicted octanol–water partition coefficient (Wildman–Crippen LogP) is -1.83. The van der Waals surface area contributed by atoms with Gasteiger partial charge in [-0.15, -0.1) is 0 Å². The summed E-state index contributed by atoms with van der Waals surface area (Å²) in [5, 5.41) is 3.29. The van der Waals surface area contributed by atoms with Crippen molar-refractivity contribution in [3.05, 3.63) is 0 Å². The molecule has 0 radical (unpaired) electrons. The van der Waals surface area contributed by atoms with Crippen molar-refractivity contribution in [2.24, 2.45) is 5.14 Å². The van der Waals surface area contributed by atoms with Crippen LogP contribution in [0.15, 0.2) is 0 Å². The summed E-state index contributed by atoms with van der Waals surface area (Å²) in [5.74, 6) is 0. The molecular formula is C2H6NNaO3S. The van der Waals surface area contributed by atoms with Gasteiger partial charge < -0.3 is 0 Å². The van der Waals surface area contributed by atoms with Gasteiger partial charge in [-0.3, -0.25) is 4.79 Å². The van der Waals surface area contributed by atoms with E-state index < -0.39 is 15.1 Å². The predicted molar refractivity (Wildman–Crippen MR) is 30.9 cm³/mol. The Morgan fingerprint density at radius 2 is 1.62 bits per heavy atom. The molecule has 2 N–H and O–H groups in total. The van der Waals surface area contributed by atoms with Crippen molar-refractivity contribution < 1.29 is 13.2 Å². The second-order valence-electron chi connectivity index (χ2n) is 1.04. The van der Waals surface area contributed by atoms with Gasteiger partial charge in [0.05, 0.1) is 0 Å². The molecule has 44 valence electrons. The third-order valence-corrected chi connectivity index (χ3v) is 1.20. The number of hydrogen-bond donors (Lipinski definition) is 1. The first kappa shape index (κ1) is 11.4. The molecule has 0 aliphatic rings. The zero-order valence-corrected chi connectivity index (χ0v) is 4.53. The van der Waals surface area contributed by atoms with Gasteiger partial charge in [0.1, 0.15) is 0 Å². The molecule has 0 unspecified atom stereocenters. The normalized spacial score (nSPS) is 9.75. The Labute approximate surface area is 69.8 Å². The van der Waals surface area contributed by atoms with Crippen LogP contribution < -0.4 is 5.14 Å². The van der Waals surface area contributed by atoms with E-state index in [-0.39, 0.29) is 29.6 Å². The molecule has 0 fully saturated rings. The molecule has 0 aliphatic carbocycles. The second-order valence-corrected chi connectivity index (χ2v) is 2.70. The second kappa shape index (κ2) is 3.58. The van der Waals surface area contributed by atoms with Crippen LogP contribution in [0.3, 0.4) is 0 Å². The summed E-state index contributed by atoms with van der Waals surface area (Å²) in [7, 11) is -3.88. The number of sulfonamides is 1. The molecule has 6 heteroatoms. The van der Waals surface area contributed by atoms with Gasteiger partial charge in [-0.1, -0.05) is 0 Å². The number of hydrogen-bond acceptors (Lipinski definition) is 3. The van der Waals surface area contributed by atoms with E-state index in [2.05, 4.69) is 5.14 Å². The standard InChI is InChI=1S/C2H5NO3S.Na.H/c1-2(4)7(3,5)6;;/h1H3,(H2,3,5,6);;. The summed E-state index contributed by atoms with van der Waals surface area (Å²) in [6.07, 6.45) is 0. The maximum absolute atomic E-state index is 9.76. The number of carbonyl (C=O) groups excluding carboxylic acids is 1. The average Bonchev–Trinajstić information content (AvgIpc) is 1.31. The molecule has 0 aromatic carbocycles. The van der Waals surface area contributed by atoms with E-state index in [1.165, 1.54) is 0 Å². The van der Waals surface area contributed by atoms with Crippen molar-refractivity contribution in [1.82, 2.24) is 0 Å². The number of nitrogens with two attached hydrogens (primary N) is 1. The Morgan fingerprint density at radius 3 is 1.62 bits per heavy atom. The topological polar surface area (TPSA) is 77.2 Å². The molecule has 0 heterocycles. The van der Waals surface area contributed by atoms with Crippen molar-refractivity contribution in [2.45, 2.75) is 6.92 Å². The fourth-order valence-electron chi connectivity index (χ4n) is 0. The molecule has 0 saturated heterocycles. The van der Waals surface area contributed by atoms with Gasteiger partial charge in [0.25, 0.3) is 15.1 Å². The van der Waals surface area contributed by atoms with Crippen LogP contribution >= 0.6 is 0 Å². The Morgan fingerprint density at radius 1 is 1.50 bits per heavy atom. The first-order chi connectivity index (χ1) is 2.94. The van der Waals surface area contributed by atoms with Crippen LogP contribution in [0, 0.1) is 0 Å². The molecular weight excluding hydrogens is 141 g/mol. The zero-order valence-electron chi connectivity index (χ0n) is 3.71. The summed E-state index contributed by atoms with van der Waals surface area (Å²) in [6.45, 7) is 0.898. The van der Waals surface area contributed by atoms with E-state index in [0.717, 1.165) is 6.92 Å². The van der Waals surface area contributed by atoms with E-state index in [0.29, 0.717) is 0 Å². The summed E-state index contributed by atoms with van der Waals surface area (Å²) in [4.78, 5) is 9.75. The van der Waals surface area contributed by atoms with Gasteiger partial charge in [-0.05, 0) is 0 Å². The van der Waals surface area contributed by atoms with Crippen molar-refractivity contribution in [2.75, 3.05) is 0 Å². The molecule has 0 aromatic heterocycles. The van der Waals surface area contributed by atoms with Crippen LogP contribution in [0.25, 0.3) is 0 Å². The van der Waals surface area contributed by atoms with Crippen LogP contribution in [0.5, 0.6) is 0 Å². The molecule has 0 aliphatic heterocycles. The molecule has 0 bridgehead atoms. The van der Waals surface area contributed by atoms with E-state index in [1.807, 2.05) is 0 Å². The van der Waals surface area contributed by atoms with Crippen LogP contribution in [-0.2, 0) is 14.8 Å². The average molecular weight is 147 g/mol. The monoisotopic (exact) mass is 147 g/mol. The van der Waals surface area contributed by atoms with Gasteiger partial charge in [0, 0.05) is 6.92 Å². The molecule has 8 heavy (non-hydrogen) atoms. The third-order valence-electron chi connectivity index (χ3n) is 0.401. The Bertz CT molecular complexity index is 172. The minimum atomic E-state index is -3.88. The summed E-state index contributed by atoms with van der Waals surface area (Å²) in [5.41, 5.74) is 0. The van der Waals surface area contributed by atoms with Gasteiger partial charge in [-0.2, -0.15) is 0 Å². The van der Waals surface area contributed by atoms with Gasteiger partial charge in [0.2, 0.25) is 0 Å². The van der Waals surface area contributed by atoms with Crippen LogP contribution in [0.1, 0.15) is 6.92 Å². The Hall–Kier alpha value is 0.580. The SMILES string of the molecule is CC(=O)S(N)(=O)=O.[NaH]. The molecule has 0 amide bonds. The van der Waals surface area contributed by atoms with Crippen LogP contribution in [-0.4, -0.2) is 43.1 Å². The molecule has 0 spiro atoms. The number of carbonyl (C=O) groups is 1. The van der Waals surface area contributed by atoms with E-state index in [4.69, 9.17) is 0 Å². The zero-order chi connectivity index (χ0) is 6.08. The summed E-state index contributed by atoms with van der Waals surface area (Å²) >= 11 is 0. The molecule has 0 rings (SSSR count). The van der Waals surface area contributed by atoms with Crippen molar-refractivity contribution in [1.29, 1.82) is 0 Å². The maximum atomic E-state index is 9.76. The minimum absolute atomic E-state index is 0. The van der Waals surface area contributed by atoms with Crippen molar-refractivity contribution in [3.63, 3.8) is 0 Å². The summed E-state index contributed by atoms with van der Waals surface area (Å²) < 4.78 is 19.5. The van der Waals surface area contributed by atoms with E-state index >= 15 is 0 Å². The third kappa shape index (κ3) is 4.73. The van der Waals surface area contributed by atoms with Crippen LogP contribution in [0.2, 0.25) is 0 Å². The first-order valence-corrected chi connectivity index (χ1v) is 3.02. The van der Waals surface area contributed by atoms with Crippen LogP contribution in [0.4, 0.5) is 0 Å². The number of rotatable bonds is 0. The number of primary sulfonamides is 1. The van der Waals surface area contributed by atoms with Crippen molar-refractivity contribution in [3.8, 4) is 0 Å². The van der Waals surface area contributed by atoms with E-state index in [9.17, 15) is 13.2 Å². The Balaban J connectivity index is 0. The van der Waals surface area contributed by atoms with Gasteiger partial charge >= 0.3 is 29.6 Å². The first-order valence-electron chi connectivity index (χ1n) is 1.48. The van der Waals surface area contributed by atoms with Gasteiger partial charge in [-0.25, -0.2) is 13.6 Å². The fraction of sp³-hybridized carbons (Fsp3) is 0.500.